The summed E-state index contributed by atoms with van der Waals surface area (Å²) in [5.41, 5.74) is 1.92. The van der Waals surface area contributed by atoms with Gasteiger partial charge in [-0.1, -0.05) is 45.2 Å². The Hall–Kier alpha value is -1.35. The summed E-state index contributed by atoms with van der Waals surface area (Å²) in [6.07, 6.45) is 7.87. The molecule has 1 amide bonds. The van der Waals surface area contributed by atoms with E-state index in [1.807, 2.05) is 38.1 Å². The summed E-state index contributed by atoms with van der Waals surface area (Å²) < 4.78 is 5.98. The minimum Gasteiger partial charge on any atom is -0.378 e. The summed E-state index contributed by atoms with van der Waals surface area (Å²) in [7, 11) is 0. The molecular weight excluding hydrogens is 491 g/mol. The molecule has 1 aliphatic carbocycles. The lowest BCUT2D eigenvalue weighted by molar-refractivity contribution is -0.118. The predicted molar refractivity (Wildman–Crippen MR) is 136 cm³/mol. The van der Waals surface area contributed by atoms with Crippen LogP contribution in [0.1, 0.15) is 64.9 Å². The molecule has 0 aliphatic heterocycles. The van der Waals surface area contributed by atoms with Crippen LogP contribution in [0, 0.1) is 5.92 Å². The van der Waals surface area contributed by atoms with Crippen LogP contribution < -0.4 is 16.0 Å². The minimum atomic E-state index is -0.0268. The zero-order valence-corrected chi connectivity index (χ0v) is 21.0. The van der Waals surface area contributed by atoms with Crippen LogP contribution in [-0.4, -0.2) is 37.7 Å². The molecule has 1 saturated carbocycles. The van der Waals surface area contributed by atoms with E-state index in [2.05, 4.69) is 27.9 Å². The lowest BCUT2D eigenvalue weighted by atomic mass is 9.98. The van der Waals surface area contributed by atoms with Gasteiger partial charge in [0.05, 0.1) is 12.6 Å². The highest BCUT2D eigenvalue weighted by Gasteiger charge is 2.13. The third kappa shape index (κ3) is 10.6. The molecule has 0 spiro atoms. The van der Waals surface area contributed by atoms with E-state index in [4.69, 9.17) is 4.74 Å². The zero-order valence-electron chi connectivity index (χ0n) is 18.7. The van der Waals surface area contributed by atoms with Gasteiger partial charge in [0.1, 0.15) is 0 Å². The number of rotatable bonds is 10. The Labute approximate surface area is 199 Å². The van der Waals surface area contributed by atoms with E-state index in [1.54, 1.807) is 0 Å². The zero-order chi connectivity index (χ0) is 20.9. The van der Waals surface area contributed by atoms with Crippen LogP contribution in [0.15, 0.2) is 29.3 Å². The molecule has 0 heterocycles. The van der Waals surface area contributed by atoms with Crippen molar-refractivity contribution >= 4 is 41.5 Å². The van der Waals surface area contributed by atoms with Crippen molar-refractivity contribution in [2.75, 3.05) is 25.0 Å². The molecule has 0 saturated heterocycles. The fourth-order valence-electron chi connectivity index (χ4n) is 3.25. The molecule has 1 aliphatic rings. The number of carbonyl (C=O) groups is 1. The van der Waals surface area contributed by atoms with Gasteiger partial charge in [0.2, 0.25) is 5.91 Å². The van der Waals surface area contributed by atoms with Crippen LogP contribution in [0.25, 0.3) is 0 Å². The highest BCUT2D eigenvalue weighted by Crippen LogP contribution is 2.20. The first-order valence-electron chi connectivity index (χ1n) is 11.1. The fourth-order valence-corrected chi connectivity index (χ4v) is 3.25. The van der Waals surface area contributed by atoms with Gasteiger partial charge in [-0.25, -0.2) is 4.99 Å². The number of nitrogens with zero attached hydrogens (tertiary/aromatic N) is 1. The number of guanidine groups is 1. The lowest BCUT2D eigenvalue weighted by Gasteiger charge is -2.22. The molecular formula is C23H39IN4O2. The Morgan fingerprint density at radius 2 is 1.83 bits per heavy atom. The van der Waals surface area contributed by atoms with Crippen molar-refractivity contribution in [2.24, 2.45) is 10.9 Å². The quantitative estimate of drug-likeness (QED) is 0.178. The molecule has 1 fully saturated rings. The second-order valence-corrected chi connectivity index (χ2v) is 7.95. The molecule has 0 bridgehead atoms. The standard InChI is InChI=1S/C23H38N4O2.HI/c1-4-24-23(25-15-8-16-29-21-9-6-5-7-10-21)26-17-19-11-13-20(14-12-19)27-22(28)18(2)3;/h11-14,18,21H,4-10,15-17H2,1-3H3,(H,27,28)(H2,24,25,26);1H. The number of amides is 1. The summed E-state index contributed by atoms with van der Waals surface area (Å²) in [5.74, 6) is 0.824. The topological polar surface area (TPSA) is 74.8 Å². The molecule has 0 atom stereocenters. The molecule has 30 heavy (non-hydrogen) atoms. The monoisotopic (exact) mass is 530 g/mol. The summed E-state index contributed by atoms with van der Waals surface area (Å²) >= 11 is 0. The molecule has 1 aromatic rings. The predicted octanol–water partition coefficient (Wildman–Crippen LogP) is 4.69. The van der Waals surface area contributed by atoms with Crippen molar-refractivity contribution in [1.29, 1.82) is 0 Å². The number of anilines is 1. The number of nitrogens with one attached hydrogen (secondary N) is 3. The Morgan fingerprint density at radius 3 is 2.47 bits per heavy atom. The largest absolute Gasteiger partial charge is 0.378 e. The Kier molecular flexibility index (Phi) is 13.7. The number of carbonyl (C=O) groups excluding carboxylic acids is 1. The van der Waals surface area contributed by atoms with Crippen LogP contribution >= 0.6 is 24.0 Å². The minimum absolute atomic E-state index is 0. The third-order valence-corrected chi connectivity index (χ3v) is 5.03. The van der Waals surface area contributed by atoms with E-state index in [0.29, 0.717) is 12.6 Å². The number of benzene rings is 1. The Morgan fingerprint density at radius 1 is 1.13 bits per heavy atom. The van der Waals surface area contributed by atoms with Crippen molar-refractivity contribution in [1.82, 2.24) is 10.6 Å². The van der Waals surface area contributed by atoms with E-state index in [-0.39, 0.29) is 35.8 Å². The van der Waals surface area contributed by atoms with Gasteiger partial charge in [0.15, 0.2) is 5.96 Å². The maximum atomic E-state index is 11.8. The van der Waals surface area contributed by atoms with Crippen LogP contribution in [0.2, 0.25) is 0 Å². The maximum absolute atomic E-state index is 11.8. The van der Waals surface area contributed by atoms with E-state index < -0.39 is 0 Å². The number of hydrogen-bond acceptors (Lipinski definition) is 3. The highest BCUT2D eigenvalue weighted by atomic mass is 127. The van der Waals surface area contributed by atoms with Crippen molar-refractivity contribution in [3.63, 3.8) is 0 Å². The summed E-state index contributed by atoms with van der Waals surface area (Å²) in [6, 6.07) is 7.85. The van der Waals surface area contributed by atoms with E-state index >= 15 is 0 Å². The molecule has 2 rings (SSSR count). The molecule has 0 unspecified atom stereocenters. The first kappa shape index (κ1) is 26.7. The average molecular weight is 530 g/mol. The molecule has 0 radical (unpaired) electrons. The smallest absolute Gasteiger partial charge is 0.226 e. The summed E-state index contributed by atoms with van der Waals surface area (Å²) in [4.78, 5) is 16.4. The van der Waals surface area contributed by atoms with Crippen LogP contribution in [-0.2, 0) is 16.1 Å². The van der Waals surface area contributed by atoms with Crippen LogP contribution in [0.3, 0.4) is 0 Å². The Balaban J connectivity index is 0.00000450. The normalized spacial score (nSPS) is 14.9. The summed E-state index contributed by atoms with van der Waals surface area (Å²) in [5, 5.41) is 9.57. The van der Waals surface area contributed by atoms with Crippen LogP contribution in [0.4, 0.5) is 5.69 Å². The molecule has 7 heteroatoms. The molecule has 0 aromatic heterocycles. The van der Waals surface area contributed by atoms with Gasteiger partial charge in [-0.05, 0) is 43.9 Å². The van der Waals surface area contributed by atoms with Gasteiger partial charge in [-0.2, -0.15) is 0 Å². The molecule has 170 valence electrons. The number of hydrogen-bond donors (Lipinski definition) is 3. The second kappa shape index (κ2) is 15.5. The fraction of sp³-hybridized carbons (Fsp3) is 0.652. The van der Waals surface area contributed by atoms with Gasteiger partial charge in [0.25, 0.3) is 0 Å². The van der Waals surface area contributed by atoms with E-state index in [0.717, 1.165) is 43.3 Å². The third-order valence-electron chi connectivity index (χ3n) is 5.03. The van der Waals surface area contributed by atoms with Gasteiger partial charge < -0.3 is 20.7 Å². The molecule has 1 aromatic carbocycles. The number of aliphatic imine (C=N–C) groups is 1. The van der Waals surface area contributed by atoms with Gasteiger partial charge >= 0.3 is 0 Å². The van der Waals surface area contributed by atoms with Gasteiger partial charge in [0, 0.05) is 31.3 Å². The first-order chi connectivity index (χ1) is 14.1. The van der Waals surface area contributed by atoms with Crippen molar-refractivity contribution in [2.45, 2.75) is 71.9 Å². The summed E-state index contributed by atoms with van der Waals surface area (Å²) in [6.45, 7) is 8.90. The van der Waals surface area contributed by atoms with Crippen molar-refractivity contribution in [3.05, 3.63) is 29.8 Å². The SMILES string of the molecule is CCNC(=NCc1ccc(NC(=O)C(C)C)cc1)NCCCOC1CCCCC1.I. The van der Waals surface area contributed by atoms with E-state index in [9.17, 15) is 4.79 Å². The molecule has 3 N–H and O–H groups in total. The van der Waals surface area contributed by atoms with Gasteiger partial charge in [-0.15, -0.1) is 24.0 Å². The van der Waals surface area contributed by atoms with Gasteiger partial charge in [-0.3, -0.25) is 4.79 Å². The first-order valence-corrected chi connectivity index (χ1v) is 11.1. The average Bonchev–Trinajstić information content (AvgIpc) is 2.73. The Bertz CT molecular complexity index is 629. The van der Waals surface area contributed by atoms with Crippen LogP contribution in [0.5, 0.6) is 0 Å². The number of ether oxygens (including phenoxy) is 1. The number of halogens is 1. The highest BCUT2D eigenvalue weighted by molar-refractivity contribution is 14.0. The van der Waals surface area contributed by atoms with Crippen molar-refractivity contribution < 1.29 is 9.53 Å². The molecule has 6 nitrogen and oxygen atoms in total. The second-order valence-electron chi connectivity index (χ2n) is 7.95. The van der Waals surface area contributed by atoms with E-state index in [1.165, 1.54) is 32.1 Å². The lowest BCUT2D eigenvalue weighted by Crippen LogP contribution is -2.38. The maximum Gasteiger partial charge on any atom is 0.226 e. The van der Waals surface area contributed by atoms with Crippen molar-refractivity contribution in [3.8, 4) is 0 Å².